The summed E-state index contributed by atoms with van der Waals surface area (Å²) in [7, 11) is 5.36. The van der Waals surface area contributed by atoms with E-state index in [0.717, 1.165) is 11.3 Å². The number of aromatic nitrogens is 2. The van der Waals surface area contributed by atoms with Gasteiger partial charge in [0, 0.05) is 21.1 Å². The van der Waals surface area contributed by atoms with E-state index in [1.807, 2.05) is 17.7 Å². The van der Waals surface area contributed by atoms with Crippen LogP contribution in [0.15, 0.2) is 24.8 Å². The molecule has 0 aliphatic carbocycles. The fourth-order valence-electron chi connectivity index (χ4n) is 2.76. The average Bonchev–Trinajstić information content (AvgIpc) is 2.89. The van der Waals surface area contributed by atoms with Crippen molar-refractivity contribution in [3.8, 4) is 0 Å². The van der Waals surface area contributed by atoms with Crippen molar-refractivity contribution in [3.63, 3.8) is 0 Å². The predicted molar refractivity (Wildman–Crippen MR) is 97.6 cm³/mol. The minimum Gasteiger partial charge on any atom is -0.359 e. The SMILES string of the molecule is C=C1c2c(nc(NC)n2C)N(C)C(=O)N1Cc1ccc(Cl)c(Cl)c1. The molecule has 0 radical (unpaired) electrons. The summed E-state index contributed by atoms with van der Waals surface area (Å²) in [5, 5.41) is 3.94. The van der Waals surface area contributed by atoms with Crippen LogP contribution in [0.3, 0.4) is 0 Å². The Morgan fingerprint density at radius 3 is 2.58 bits per heavy atom. The molecule has 8 heteroatoms. The van der Waals surface area contributed by atoms with Gasteiger partial charge in [0.2, 0.25) is 5.95 Å². The van der Waals surface area contributed by atoms with E-state index in [0.29, 0.717) is 34.1 Å². The standard InChI is InChI=1S/C16H17Cl2N5O/c1-9-13-14(20-15(19-2)21(13)3)22(4)16(24)23(9)8-10-5-6-11(17)12(18)7-10/h5-7H,1,8H2,2-4H3,(H,19,20). The maximum Gasteiger partial charge on any atom is 0.330 e. The fraction of sp³-hybridized carbons (Fsp3) is 0.250. The highest BCUT2D eigenvalue weighted by Gasteiger charge is 2.35. The van der Waals surface area contributed by atoms with Gasteiger partial charge in [-0.3, -0.25) is 9.80 Å². The first kappa shape index (κ1) is 16.7. The van der Waals surface area contributed by atoms with Crippen LogP contribution < -0.4 is 10.2 Å². The zero-order valence-electron chi connectivity index (χ0n) is 13.6. The molecule has 0 saturated carbocycles. The third-order valence-electron chi connectivity index (χ3n) is 4.06. The lowest BCUT2D eigenvalue weighted by Gasteiger charge is -2.34. The van der Waals surface area contributed by atoms with Gasteiger partial charge >= 0.3 is 6.03 Å². The number of fused-ring (bicyclic) bond motifs is 1. The highest BCUT2D eigenvalue weighted by molar-refractivity contribution is 6.42. The van der Waals surface area contributed by atoms with Crippen LogP contribution in [0.2, 0.25) is 10.0 Å². The highest BCUT2D eigenvalue weighted by atomic mass is 35.5. The van der Waals surface area contributed by atoms with Crippen molar-refractivity contribution in [1.29, 1.82) is 0 Å². The number of anilines is 2. The molecule has 0 saturated heterocycles. The van der Waals surface area contributed by atoms with E-state index in [9.17, 15) is 4.79 Å². The Kier molecular flexibility index (Phi) is 4.19. The van der Waals surface area contributed by atoms with Crippen LogP contribution in [-0.4, -0.2) is 34.6 Å². The molecule has 2 aromatic rings. The third-order valence-corrected chi connectivity index (χ3v) is 4.80. The van der Waals surface area contributed by atoms with Gasteiger partial charge in [0.1, 0.15) is 5.69 Å². The lowest BCUT2D eigenvalue weighted by Crippen LogP contribution is -2.44. The van der Waals surface area contributed by atoms with Crippen molar-refractivity contribution in [2.75, 3.05) is 24.3 Å². The summed E-state index contributed by atoms with van der Waals surface area (Å²) in [6, 6.07) is 5.11. The van der Waals surface area contributed by atoms with Gasteiger partial charge in [0.15, 0.2) is 5.82 Å². The van der Waals surface area contributed by atoms with Crippen molar-refractivity contribution in [1.82, 2.24) is 14.5 Å². The topological polar surface area (TPSA) is 53.4 Å². The predicted octanol–water partition coefficient (Wildman–Crippen LogP) is 3.81. The third kappa shape index (κ3) is 2.52. The second-order valence-corrected chi connectivity index (χ2v) is 6.35. The Balaban J connectivity index is 2.00. The second-order valence-electron chi connectivity index (χ2n) is 5.54. The zero-order chi connectivity index (χ0) is 17.6. The van der Waals surface area contributed by atoms with Gasteiger partial charge in [-0.15, -0.1) is 0 Å². The molecule has 2 amide bonds. The molecule has 1 aliphatic rings. The number of carbonyl (C=O) groups excluding carboxylic acids is 1. The summed E-state index contributed by atoms with van der Waals surface area (Å²) in [6.07, 6.45) is 0. The maximum atomic E-state index is 12.7. The Bertz CT molecular complexity index is 845. The first-order chi connectivity index (χ1) is 11.3. The number of imidazole rings is 1. The number of amides is 2. The molecule has 0 fully saturated rings. The summed E-state index contributed by atoms with van der Waals surface area (Å²) in [5.41, 5.74) is 2.25. The molecule has 1 aliphatic heterocycles. The van der Waals surface area contributed by atoms with Crippen molar-refractivity contribution in [2.24, 2.45) is 7.05 Å². The van der Waals surface area contributed by atoms with E-state index in [1.54, 1.807) is 31.1 Å². The van der Waals surface area contributed by atoms with E-state index in [1.165, 1.54) is 4.90 Å². The molecular formula is C16H17Cl2N5O. The lowest BCUT2D eigenvalue weighted by atomic mass is 10.1. The van der Waals surface area contributed by atoms with E-state index < -0.39 is 0 Å². The van der Waals surface area contributed by atoms with Gasteiger partial charge in [-0.25, -0.2) is 4.79 Å². The summed E-state index contributed by atoms with van der Waals surface area (Å²) in [6.45, 7) is 4.44. The summed E-state index contributed by atoms with van der Waals surface area (Å²) in [5.74, 6) is 1.25. The first-order valence-electron chi connectivity index (χ1n) is 7.28. The normalized spacial score (nSPS) is 14.2. The number of urea groups is 1. The first-order valence-corrected chi connectivity index (χ1v) is 8.03. The van der Waals surface area contributed by atoms with Crippen LogP contribution in [0.5, 0.6) is 0 Å². The van der Waals surface area contributed by atoms with Gasteiger partial charge in [-0.2, -0.15) is 4.98 Å². The van der Waals surface area contributed by atoms with Gasteiger partial charge in [0.25, 0.3) is 0 Å². The van der Waals surface area contributed by atoms with Crippen LogP contribution in [0.4, 0.5) is 16.6 Å². The molecule has 0 unspecified atom stereocenters. The second kappa shape index (κ2) is 6.03. The smallest absolute Gasteiger partial charge is 0.330 e. The fourth-order valence-corrected chi connectivity index (χ4v) is 3.08. The molecule has 24 heavy (non-hydrogen) atoms. The molecule has 1 aromatic heterocycles. The molecule has 3 rings (SSSR count). The number of halogens is 2. The number of rotatable bonds is 3. The van der Waals surface area contributed by atoms with E-state index in [4.69, 9.17) is 23.2 Å². The van der Waals surface area contributed by atoms with Crippen LogP contribution in [0.25, 0.3) is 5.70 Å². The van der Waals surface area contributed by atoms with Crippen LogP contribution >= 0.6 is 23.2 Å². The number of hydrogen-bond acceptors (Lipinski definition) is 3. The molecule has 6 nitrogen and oxygen atoms in total. The van der Waals surface area contributed by atoms with E-state index >= 15 is 0 Å². The molecule has 1 aromatic carbocycles. The molecule has 0 atom stereocenters. The minimum absolute atomic E-state index is 0.195. The molecule has 126 valence electrons. The van der Waals surface area contributed by atoms with Crippen molar-refractivity contribution >= 4 is 46.7 Å². The van der Waals surface area contributed by atoms with Crippen LogP contribution in [0, 0.1) is 0 Å². The molecule has 0 spiro atoms. The Hall–Kier alpha value is -2.18. The lowest BCUT2D eigenvalue weighted by molar-refractivity contribution is 0.222. The Morgan fingerprint density at radius 1 is 1.25 bits per heavy atom. The van der Waals surface area contributed by atoms with E-state index in [2.05, 4.69) is 16.9 Å². The number of nitrogens with zero attached hydrogens (tertiary/aromatic N) is 4. The molecule has 2 heterocycles. The number of carbonyl (C=O) groups is 1. The van der Waals surface area contributed by atoms with Gasteiger partial charge in [-0.1, -0.05) is 35.8 Å². The monoisotopic (exact) mass is 365 g/mol. The highest BCUT2D eigenvalue weighted by Crippen LogP contribution is 2.36. The summed E-state index contributed by atoms with van der Waals surface area (Å²) < 4.78 is 1.88. The number of benzene rings is 1. The van der Waals surface area contributed by atoms with E-state index in [-0.39, 0.29) is 6.03 Å². The average molecular weight is 366 g/mol. The van der Waals surface area contributed by atoms with Crippen molar-refractivity contribution in [2.45, 2.75) is 6.54 Å². The minimum atomic E-state index is -0.195. The summed E-state index contributed by atoms with van der Waals surface area (Å²) in [4.78, 5) is 20.3. The van der Waals surface area contributed by atoms with Crippen LogP contribution in [0.1, 0.15) is 11.3 Å². The molecule has 0 bridgehead atoms. The van der Waals surface area contributed by atoms with Crippen molar-refractivity contribution < 1.29 is 4.79 Å². The maximum absolute atomic E-state index is 12.7. The van der Waals surface area contributed by atoms with Gasteiger partial charge in [0.05, 0.1) is 22.3 Å². The van der Waals surface area contributed by atoms with Crippen LogP contribution in [-0.2, 0) is 13.6 Å². The Morgan fingerprint density at radius 2 is 1.96 bits per heavy atom. The molecule has 1 N–H and O–H groups in total. The Labute approximate surface area is 150 Å². The summed E-state index contributed by atoms with van der Waals surface area (Å²) >= 11 is 12.0. The zero-order valence-corrected chi connectivity index (χ0v) is 15.1. The van der Waals surface area contributed by atoms with Gasteiger partial charge in [-0.05, 0) is 17.7 Å². The quantitative estimate of drug-likeness (QED) is 0.899. The number of nitrogens with one attached hydrogen (secondary N) is 1. The largest absolute Gasteiger partial charge is 0.359 e. The number of hydrogen-bond donors (Lipinski definition) is 1. The van der Waals surface area contributed by atoms with Gasteiger partial charge < -0.3 is 9.88 Å². The molecular weight excluding hydrogens is 349 g/mol. The van der Waals surface area contributed by atoms with Crippen molar-refractivity contribution in [3.05, 3.63) is 46.1 Å².